The van der Waals surface area contributed by atoms with Crippen LogP contribution in [0.15, 0.2) is 0 Å². The molecule has 0 saturated heterocycles. The lowest BCUT2D eigenvalue weighted by molar-refractivity contribution is -0.144. The molecule has 0 bridgehead atoms. The fraction of sp³-hybridized carbons (Fsp3) is 0.800. The SMILES string of the molecule is COC(=O)C(CSC(C)CCN)NC(C)=O. The molecule has 0 aromatic carbocycles. The summed E-state index contributed by atoms with van der Waals surface area (Å²) in [6, 6.07) is -0.576. The van der Waals surface area contributed by atoms with Crippen molar-refractivity contribution in [1.82, 2.24) is 5.32 Å². The molecule has 5 nitrogen and oxygen atoms in total. The van der Waals surface area contributed by atoms with E-state index in [2.05, 4.69) is 10.1 Å². The third-order valence-electron chi connectivity index (χ3n) is 1.98. The summed E-state index contributed by atoms with van der Waals surface area (Å²) >= 11 is 1.60. The van der Waals surface area contributed by atoms with Gasteiger partial charge in [0.25, 0.3) is 0 Å². The molecule has 0 aromatic rings. The molecule has 1 amide bonds. The van der Waals surface area contributed by atoms with E-state index in [0.29, 0.717) is 17.5 Å². The molecule has 0 fully saturated rings. The highest BCUT2D eigenvalue weighted by Crippen LogP contribution is 2.14. The first-order valence-electron chi connectivity index (χ1n) is 5.17. The summed E-state index contributed by atoms with van der Waals surface area (Å²) in [4.78, 5) is 22.2. The van der Waals surface area contributed by atoms with Crippen molar-refractivity contribution >= 4 is 23.6 Å². The van der Waals surface area contributed by atoms with Crippen LogP contribution in [-0.4, -0.2) is 42.6 Å². The maximum atomic E-state index is 11.3. The van der Waals surface area contributed by atoms with Crippen molar-refractivity contribution in [2.75, 3.05) is 19.4 Å². The number of methoxy groups -OCH3 is 1. The first-order chi connectivity index (χ1) is 7.51. The molecule has 2 unspecified atom stereocenters. The Bertz CT molecular complexity index is 236. The molecule has 0 aliphatic rings. The van der Waals surface area contributed by atoms with Crippen molar-refractivity contribution in [2.45, 2.75) is 31.6 Å². The minimum Gasteiger partial charge on any atom is -0.467 e. The van der Waals surface area contributed by atoms with E-state index in [0.717, 1.165) is 6.42 Å². The number of amides is 1. The predicted octanol–water partition coefficient (Wildman–Crippen LogP) is 0.135. The van der Waals surface area contributed by atoms with Crippen LogP contribution in [0, 0.1) is 0 Å². The van der Waals surface area contributed by atoms with Gasteiger partial charge in [-0.05, 0) is 13.0 Å². The fourth-order valence-corrected chi connectivity index (χ4v) is 2.18. The topological polar surface area (TPSA) is 81.4 Å². The van der Waals surface area contributed by atoms with E-state index in [9.17, 15) is 9.59 Å². The van der Waals surface area contributed by atoms with Gasteiger partial charge in [-0.3, -0.25) is 4.79 Å². The number of thioether (sulfide) groups is 1. The van der Waals surface area contributed by atoms with Gasteiger partial charge in [0, 0.05) is 17.9 Å². The largest absolute Gasteiger partial charge is 0.467 e. The summed E-state index contributed by atoms with van der Waals surface area (Å²) in [6.07, 6.45) is 0.888. The maximum absolute atomic E-state index is 11.3. The van der Waals surface area contributed by atoms with Crippen LogP contribution in [0.4, 0.5) is 0 Å². The Labute approximate surface area is 100 Å². The maximum Gasteiger partial charge on any atom is 0.329 e. The Morgan fingerprint density at radius 2 is 2.12 bits per heavy atom. The molecule has 0 heterocycles. The molecule has 16 heavy (non-hydrogen) atoms. The molecular formula is C10H20N2O3S. The van der Waals surface area contributed by atoms with E-state index >= 15 is 0 Å². The number of rotatable bonds is 7. The molecule has 0 aliphatic heterocycles. The molecule has 0 radical (unpaired) electrons. The molecule has 0 saturated carbocycles. The monoisotopic (exact) mass is 248 g/mol. The normalized spacial score (nSPS) is 14.0. The fourth-order valence-electron chi connectivity index (χ4n) is 1.13. The average Bonchev–Trinajstić information content (AvgIpc) is 2.23. The zero-order chi connectivity index (χ0) is 12.6. The van der Waals surface area contributed by atoms with Crippen LogP contribution in [0.1, 0.15) is 20.3 Å². The second kappa shape index (κ2) is 8.41. The summed E-state index contributed by atoms with van der Waals surface area (Å²) < 4.78 is 4.61. The van der Waals surface area contributed by atoms with E-state index in [1.165, 1.54) is 14.0 Å². The third-order valence-corrected chi connectivity index (χ3v) is 3.31. The smallest absolute Gasteiger partial charge is 0.329 e. The van der Waals surface area contributed by atoms with Crippen molar-refractivity contribution in [2.24, 2.45) is 5.73 Å². The summed E-state index contributed by atoms with van der Waals surface area (Å²) in [5.41, 5.74) is 5.43. The highest BCUT2D eigenvalue weighted by Gasteiger charge is 2.20. The van der Waals surface area contributed by atoms with Crippen LogP contribution in [-0.2, 0) is 14.3 Å². The molecule has 3 N–H and O–H groups in total. The second-order valence-corrected chi connectivity index (χ2v) is 4.97. The van der Waals surface area contributed by atoms with Crippen LogP contribution in [0.3, 0.4) is 0 Å². The molecule has 0 aliphatic carbocycles. The van der Waals surface area contributed by atoms with Gasteiger partial charge < -0.3 is 15.8 Å². The third kappa shape index (κ3) is 6.68. The Hall–Kier alpha value is -0.750. The van der Waals surface area contributed by atoms with Crippen LogP contribution in [0.5, 0.6) is 0 Å². The second-order valence-electron chi connectivity index (χ2n) is 3.50. The number of nitrogens with one attached hydrogen (secondary N) is 1. The summed E-state index contributed by atoms with van der Waals surface area (Å²) in [5, 5.41) is 2.93. The van der Waals surface area contributed by atoms with Crippen LogP contribution < -0.4 is 11.1 Å². The van der Waals surface area contributed by atoms with Gasteiger partial charge in [-0.25, -0.2) is 4.79 Å². The van der Waals surface area contributed by atoms with E-state index in [1.807, 2.05) is 6.92 Å². The van der Waals surface area contributed by atoms with Gasteiger partial charge in [0.2, 0.25) is 5.91 Å². The first-order valence-corrected chi connectivity index (χ1v) is 6.22. The molecule has 0 rings (SSSR count). The highest BCUT2D eigenvalue weighted by molar-refractivity contribution is 7.99. The van der Waals surface area contributed by atoms with Crippen molar-refractivity contribution in [1.29, 1.82) is 0 Å². The lowest BCUT2D eigenvalue weighted by Crippen LogP contribution is -2.42. The molecule has 0 spiro atoms. The lowest BCUT2D eigenvalue weighted by atomic mass is 10.3. The van der Waals surface area contributed by atoms with Crippen molar-refractivity contribution < 1.29 is 14.3 Å². The number of carbonyl (C=O) groups is 2. The Balaban J connectivity index is 4.10. The predicted molar refractivity (Wildman–Crippen MR) is 65.2 cm³/mol. The zero-order valence-electron chi connectivity index (χ0n) is 9.99. The van der Waals surface area contributed by atoms with Crippen molar-refractivity contribution in [3.8, 4) is 0 Å². The van der Waals surface area contributed by atoms with Gasteiger partial charge in [0.05, 0.1) is 7.11 Å². The Morgan fingerprint density at radius 1 is 1.50 bits per heavy atom. The highest BCUT2D eigenvalue weighted by atomic mass is 32.2. The number of ether oxygens (including phenoxy) is 1. The Morgan fingerprint density at radius 3 is 2.56 bits per heavy atom. The molecule has 0 aromatic heterocycles. The standard InChI is InChI=1S/C10H20N2O3S/c1-7(4-5-11)16-6-9(10(14)15-3)12-8(2)13/h7,9H,4-6,11H2,1-3H3,(H,12,13). The van der Waals surface area contributed by atoms with Gasteiger partial charge in [-0.1, -0.05) is 6.92 Å². The van der Waals surface area contributed by atoms with Gasteiger partial charge in [0.1, 0.15) is 6.04 Å². The number of nitrogens with two attached hydrogens (primary N) is 1. The molecular weight excluding hydrogens is 228 g/mol. The van der Waals surface area contributed by atoms with Gasteiger partial charge in [-0.15, -0.1) is 0 Å². The van der Waals surface area contributed by atoms with Crippen molar-refractivity contribution in [3.63, 3.8) is 0 Å². The van der Waals surface area contributed by atoms with Crippen LogP contribution in [0.25, 0.3) is 0 Å². The minimum absolute atomic E-state index is 0.234. The van der Waals surface area contributed by atoms with Gasteiger partial charge in [-0.2, -0.15) is 11.8 Å². The Kier molecular flexibility index (Phi) is 8.01. The number of carbonyl (C=O) groups excluding carboxylic acids is 2. The van der Waals surface area contributed by atoms with E-state index in [1.54, 1.807) is 11.8 Å². The lowest BCUT2D eigenvalue weighted by Gasteiger charge is -2.17. The number of hydrogen-bond acceptors (Lipinski definition) is 5. The van der Waals surface area contributed by atoms with E-state index < -0.39 is 12.0 Å². The van der Waals surface area contributed by atoms with Crippen LogP contribution in [0.2, 0.25) is 0 Å². The van der Waals surface area contributed by atoms with Gasteiger partial charge in [0.15, 0.2) is 0 Å². The number of esters is 1. The molecule has 2 atom stereocenters. The van der Waals surface area contributed by atoms with E-state index in [4.69, 9.17) is 5.73 Å². The molecule has 94 valence electrons. The van der Waals surface area contributed by atoms with Crippen LogP contribution >= 0.6 is 11.8 Å². The summed E-state index contributed by atoms with van der Waals surface area (Å²) in [7, 11) is 1.31. The quantitative estimate of drug-likeness (QED) is 0.626. The number of hydrogen-bond donors (Lipinski definition) is 2. The van der Waals surface area contributed by atoms with Crippen molar-refractivity contribution in [3.05, 3.63) is 0 Å². The zero-order valence-corrected chi connectivity index (χ0v) is 10.8. The van der Waals surface area contributed by atoms with E-state index in [-0.39, 0.29) is 5.91 Å². The first kappa shape index (κ1) is 15.2. The minimum atomic E-state index is -0.576. The summed E-state index contributed by atoms with van der Waals surface area (Å²) in [6.45, 7) is 4.04. The average molecular weight is 248 g/mol. The van der Waals surface area contributed by atoms with Gasteiger partial charge >= 0.3 is 5.97 Å². The molecule has 6 heteroatoms. The summed E-state index contributed by atoms with van der Waals surface area (Å²) in [5.74, 6) is -0.141.